The topological polar surface area (TPSA) is 76.7 Å². The number of ether oxygens (including phenoxy) is 2. The first-order valence-electron chi connectivity index (χ1n) is 8.14. The quantitative estimate of drug-likeness (QED) is 0.836. The Morgan fingerprint density at radius 1 is 1.05 bits per heavy atom. The Bertz CT molecular complexity index is 451. The molecule has 2 aliphatic rings. The highest BCUT2D eigenvalue weighted by Gasteiger charge is 2.67. The Hall–Kier alpha value is -1.46. The molecule has 2 saturated carbocycles. The van der Waals surface area contributed by atoms with Gasteiger partial charge in [-0.2, -0.15) is 0 Å². The molecule has 2 bridgehead atoms. The van der Waals surface area contributed by atoms with Crippen LogP contribution in [0.5, 0.6) is 0 Å². The average Bonchev–Trinajstić information content (AvgIpc) is 2.73. The first-order chi connectivity index (χ1) is 10.3. The molecule has 2 amide bonds. The predicted molar refractivity (Wildman–Crippen MR) is 82.5 cm³/mol. The molecular formula is C16H28N2O4. The van der Waals surface area contributed by atoms with E-state index >= 15 is 0 Å². The lowest BCUT2D eigenvalue weighted by Gasteiger charge is -2.40. The molecular weight excluding hydrogens is 284 g/mol. The molecule has 0 heterocycles. The van der Waals surface area contributed by atoms with Gasteiger partial charge in [-0.3, -0.25) is 0 Å². The predicted octanol–water partition coefficient (Wildman–Crippen LogP) is 2.67. The van der Waals surface area contributed by atoms with E-state index in [0.717, 1.165) is 12.8 Å². The lowest BCUT2D eigenvalue weighted by molar-refractivity contribution is 0.0992. The van der Waals surface area contributed by atoms with Gasteiger partial charge in [0.1, 0.15) is 0 Å². The minimum atomic E-state index is -0.423. The summed E-state index contributed by atoms with van der Waals surface area (Å²) in [5.74, 6) is 0.314. The van der Waals surface area contributed by atoms with E-state index in [2.05, 4.69) is 31.4 Å². The van der Waals surface area contributed by atoms with Crippen LogP contribution in [0.15, 0.2) is 0 Å². The van der Waals surface area contributed by atoms with Crippen LogP contribution in [0.25, 0.3) is 0 Å². The molecule has 0 aromatic rings. The average molecular weight is 312 g/mol. The lowest BCUT2D eigenvalue weighted by Crippen LogP contribution is -2.57. The van der Waals surface area contributed by atoms with Gasteiger partial charge >= 0.3 is 12.2 Å². The number of nitrogens with one attached hydrogen (secondary N) is 2. The molecule has 0 aromatic heterocycles. The van der Waals surface area contributed by atoms with Crippen LogP contribution in [-0.2, 0) is 9.47 Å². The summed E-state index contributed by atoms with van der Waals surface area (Å²) >= 11 is 0. The molecule has 0 spiro atoms. The van der Waals surface area contributed by atoms with E-state index in [-0.39, 0.29) is 22.9 Å². The number of amides is 2. The van der Waals surface area contributed by atoms with Crippen LogP contribution in [0.4, 0.5) is 9.59 Å². The van der Waals surface area contributed by atoms with Crippen molar-refractivity contribution >= 4 is 12.2 Å². The largest absolute Gasteiger partial charge is 0.450 e. The van der Waals surface area contributed by atoms with E-state index in [1.54, 1.807) is 13.8 Å². The van der Waals surface area contributed by atoms with Crippen LogP contribution in [0.3, 0.4) is 0 Å². The number of fused-ring (bicyclic) bond motifs is 2. The van der Waals surface area contributed by atoms with Gasteiger partial charge in [-0.25, -0.2) is 9.59 Å². The summed E-state index contributed by atoms with van der Waals surface area (Å²) in [4.78, 5) is 23.8. The Kier molecular flexibility index (Phi) is 4.59. The second-order valence-corrected chi connectivity index (χ2v) is 7.02. The van der Waals surface area contributed by atoms with Gasteiger partial charge in [0.15, 0.2) is 0 Å². The molecule has 0 aromatic carbocycles. The van der Waals surface area contributed by atoms with Crippen molar-refractivity contribution in [3.05, 3.63) is 0 Å². The zero-order chi connectivity index (χ0) is 16.5. The van der Waals surface area contributed by atoms with Gasteiger partial charge in [0.05, 0.1) is 25.3 Å². The molecule has 0 saturated heterocycles. The summed E-state index contributed by atoms with van der Waals surface area (Å²) in [5, 5.41) is 5.93. The standard InChI is InChI=1S/C16H28N2O4/c1-6-21-13(19)17-11-10-8-9-16(5,15(10,3)4)12(11)18-14(20)22-7-2/h10-12H,6-9H2,1-5H3,(H,17,19)(H,18,20). The van der Waals surface area contributed by atoms with Crippen LogP contribution in [0.2, 0.25) is 0 Å². The number of hydrogen-bond acceptors (Lipinski definition) is 4. The molecule has 22 heavy (non-hydrogen) atoms. The SMILES string of the molecule is CCOC(=O)NC1C2CCC(C)(C1NC(=O)OCC)C2(C)C. The van der Waals surface area contributed by atoms with Crippen LogP contribution >= 0.6 is 0 Å². The van der Waals surface area contributed by atoms with Crippen molar-refractivity contribution in [3.63, 3.8) is 0 Å². The van der Waals surface area contributed by atoms with Crippen LogP contribution in [0.1, 0.15) is 47.5 Å². The van der Waals surface area contributed by atoms with Gasteiger partial charge in [-0.05, 0) is 43.4 Å². The number of carbonyl (C=O) groups is 2. The van der Waals surface area contributed by atoms with Gasteiger partial charge in [0, 0.05) is 0 Å². The first kappa shape index (κ1) is 16.9. The monoisotopic (exact) mass is 312 g/mol. The van der Waals surface area contributed by atoms with Crippen LogP contribution in [0, 0.1) is 16.7 Å². The molecule has 2 N–H and O–H groups in total. The lowest BCUT2D eigenvalue weighted by atomic mass is 9.69. The van der Waals surface area contributed by atoms with E-state index in [4.69, 9.17) is 9.47 Å². The Morgan fingerprint density at radius 3 is 2.14 bits per heavy atom. The molecule has 2 rings (SSSR count). The summed E-state index contributed by atoms with van der Waals surface area (Å²) in [7, 11) is 0. The zero-order valence-corrected chi connectivity index (χ0v) is 14.2. The number of alkyl carbamates (subject to hydrolysis) is 2. The van der Waals surface area contributed by atoms with Gasteiger partial charge < -0.3 is 20.1 Å². The molecule has 2 aliphatic carbocycles. The Labute approximate surface area is 132 Å². The summed E-state index contributed by atoms with van der Waals surface area (Å²) in [6.45, 7) is 10.9. The highest BCUT2D eigenvalue weighted by molar-refractivity contribution is 5.70. The third-order valence-corrected chi connectivity index (χ3v) is 5.96. The normalized spacial score (nSPS) is 35.0. The van der Waals surface area contributed by atoms with Crippen LogP contribution < -0.4 is 10.6 Å². The molecule has 6 nitrogen and oxygen atoms in total. The van der Waals surface area contributed by atoms with Gasteiger partial charge in [-0.15, -0.1) is 0 Å². The van der Waals surface area contributed by atoms with Crippen molar-refractivity contribution in [1.29, 1.82) is 0 Å². The number of carbonyl (C=O) groups excluding carboxylic acids is 2. The Morgan fingerprint density at radius 2 is 1.59 bits per heavy atom. The third-order valence-electron chi connectivity index (χ3n) is 5.96. The maximum Gasteiger partial charge on any atom is 0.407 e. The maximum absolute atomic E-state index is 11.9. The van der Waals surface area contributed by atoms with Crippen molar-refractivity contribution in [2.24, 2.45) is 16.7 Å². The van der Waals surface area contributed by atoms with Crippen molar-refractivity contribution < 1.29 is 19.1 Å². The summed E-state index contributed by atoms with van der Waals surface area (Å²) in [6.07, 6.45) is 1.23. The summed E-state index contributed by atoms with van der Waals surface area (Å²) < 4.78 is 10.1. The highest BCUT2D eigenvalue weighted by atomic mass is 16.6. The fourth-order valence-electron chi connectivity index (χ4n) is 4.42. The maximum atomic E-state index is 11.9. The number of hydrogen-bond donors (Lipinski definition) is 2. The zero-order valence-electron chi connectivity index (χ0n) is 14.2. The summed E-state index contributed by atoms with van der Waals surface area (Å²) in [6, 6.07) is -0.276. The van der Waals surface area contributed by atoms with E-state index in [9.17, 15) is 9.59 Å². The van der Waals surface area contributed by atoms with Gasteiger partial charge in [-0.1, -0.05) is 20.8 Å². The summed E-state index contributed by atoms with van der Waals surface area (Å²) in [5.41, 5.74) is -0.0457. The molecule has 126 valence electrons. The van der Waals surface area contributed by atoms with Crippen molar-refractivity contribution in [2.45, 2.75) is 59.5 Å². The van der Waals surface area contributed by atoms with E-state index in [0.29, 0.717) is 19.1 Å². The van der Waals surface area contributed by atoms with E-state index in [1.807, 2.05) is 0 Å². The van der Waals surface area contributed by atoms with Gasteiger partial charge in [0.25, 0.3) is 0 Å². The fraction of sp³-hybridized carbons (Fsp3) is 0.875. The first-order valence-corrected chi connectivity index (χ1v) is 8.14. The third kappa shape index (κ3) is 2.52. The van der Waals surface area contributed by atoms with Crippen molar-refractivity contribution in [3.8, 4) is 0 Å². The van der Waals surface area contributed by atoms with Crippen LogP contribution in [-0.4, -0.2) is 37.5 Å². The molecule has 4 atom stereocenters. The molecule has 6 heteroatoms. The number of rotatable bonds is 4. The molecule has 0 aliphatic heterocycles. The minimum Gasteiger partial charge on any atom is -0.450 e. The minimum absolute atomic E-state index is 0.0291. The molecule has 4 unspecified atom stereocenters. The van der Waals surface area contributed by atoms with Gasteiger partial charge in [0.2, 0.25) is 0 Å². The fourth-order valence-corrected chi connectivity index (χ4v) is 4.42. The van der Waals surface area contributed by atoms with Crippen molar-refractivity contribution in [1.82, 2.24) is 10.6 Å². The Balaban J connectivity index is 2.21. The second-order valence-electron chi connectivity index (χ2n) is 7.02. The molecule has 2 fully saturated rings. The second kappa shape index (κ2) is 5.97. The van der Waals surface area contributed by atoms with E-state index < -0.39 is 12.2 Å². The highest BCUT2D eigenvalue weighted by Crippen LogP contribution is 2.65. The smallest absolute Gasteiger partial charge is 0.407 e. The molecule has 0 radical (unpaired) electrons. The van der Waals surface area contributed by atoms with E-state index in [1.165, 1.54) is 0 Å². The van der Waals surface area contributed by atoms with Crippen molar-refractivity contribution in [2.75, 3.05) is 13.2 Å².